The molecule has 0 aromatic carbocycles. The van der Waals surface area contributed by atoms with Gasteiger partial charge in [0.1, 0.15) is 18.2 Å². The summed E-state index contributed by atoms with van der Waals surface area (Å²) in [5.74, 6) is 1.58. The van der Waals surface area contributed by atoms with Gasteiger partial charge in [-0.3, -0.25) is 4.90 Å². The summed E-state index contributed by atoms with van der Waals surface area (Å²) in [6, 6.07) is 1.73. The SMILES string of the molecule is CN(Cc1ncccn1)Cc1nc(N2CCOCC2)c2ncn(CC(F)(F)F)c2n1. The van der Waals surface area contributed by atoms with E-state index in [4.69, 9.17) is 4.74 Å². The third kappa shape index (κ3) is 4.82. The van der Waals surface area contributed by atoms with Gasteiger partial charge in [-0.15, -0.1) is 0 Å². The standard InChI is InChI=1S/C18H21F3N8O/c1-27(9-13-22-3-2-4-23-13)10-14-25-16(28-5-7-30-8-6-28)15-17(26-14)29(12-24-15)11-18(19,20)21/h2-4,12H,5-11H2,1H3. The number of halogens is 3. The number of morpholine rings is 1. The van der Waals surface area contributed by atoms with Gasteiger partial charge in [0.15, 0.2) is 17.0 Å². The molecule has 4 rings (SSSR count). The Hall–Kier alpha value is -2.86. The Bertz CT molecular complexity index is 988. The maximum Gasteiger partial charge on any atom is 0.406 e. The van der Waals surface area contributed by atoms with Gasteiger partial charge in [0.05, 0.1) is 32.6 Å². The van der Waals surface area contributed by atoms with Crippen LogP contribution >= 0.6 is 0 Å². The third-order valence-corrected chi connectivity index (χ3v) is 4.59. The Labute approximate surface area is 170 Å². The number of aromatic nitrogens is 6. The zero-order valence-electron chi connectivity index (χ0n) is 16.4. The second-order valence-corrected chi connectivity index (χ2v) is 7.06. The number of imidazole rings is 1. The van der Waals surface area contributed by atoms with Crippen LogP contribution in [0.1, 0.15) is 11.6 Å². The van der Waals surface area contributed by atoms with E-state index in [0.717, 1.165) is 4.57 Å². The van der Waals surface area contributed by atoms with Gasteiger partial charge in [-0.1, -0.05) is 0 Å². The van der Waals surface area contributed by atoms with Crippen LogP contribution in [0.2, 0.25) is 0 Å². The van der Waals surface area contributed by atoms with Crippen LogP contribution in [0.15, 0.2) is 24.8 Å². The summed E-state index contributed by atoms with van der Waals surface area (Å²) in [6.45, 7) is 1.84. The maximum absolute atomic E-state index is 13.0. The monoisotopic (exact) mass is 422 g/mol. The van der Waals surface area contributed by atoms with Gasteiger partial charge in [-0.25, -0.2) is 24.9 Å². The second-order valence-electron chi connectivity index (χ2n) is 7.06. The van der Waals surface area contributed by atoms with Crippen LogP contribution < -0.4 is 4.90 Å². The number of fused-ring (bicyclic) bond motifs is 1. The number of hydrogen-bond acceptors (Lipinski definition) is 8. The van der Waals surface area contributed by atoms with Crippen molar-refractivity contribution in [2.24, 2.45) is 0 Å². The van der Waals surface area contributed by atoms with Crippen LogP contribution in [0.5, 0.6) is 0 Å². The predicted octanol–water partition coefficient (Wildman–Crippen LogP) is 1.65. The summed E-state index contributed by atoms with van der Waals surface area (Å²) in [7, 11) is 1.85. The summed E-state index contributed by atoms with van der Waals surface area (Å²) in [6.07, 6.45) is 0.108. The molecule has 0 radical (unpaired) electrons. The van der Waals surface area contributed by atoms with E-state index in [0.29, 0.717) is 62.4 Å². The molecule has 12 heteroatoms. The Kier molecular flexibility index (Phi) is 5.77. The number of nitrogens with zero attached hydrogens (tertiary/aromatic N) is 8. The summed E-state index contributed by atoms with van der Waals surface area (Å²) in [4.78, 5) is 25.5. The fourth-order valence-electron chi connectivity index (χ4n) is 3.30. The average molecular weight is 422 g/mol. The van der Waals surface area contributed by atoms with Crippen LogP contribution in [0.4, 0.5) is 19.0 Å². The lowest BCUT2D eigenvalue weighted by atomic mass is 10.3. The second kappa shape index (κ2) is 8.48. The molecule has 3 aromatic heterocycles. The zero-order chi connectivity index (χ0) is 21.1. The largest absolute Gasteiger partial charge is 0.406 e. The molecule has 0 atom stereocenters. The van der Waals surface area contributed by atoms with E-state index >= 15 is 0 Å². The normalized spacial score (nSPS) is 15.3. The van der Waals surface area contributed by atoms with Gasteiger partial charge < -0.3 is 14.2 Å². The molecular weight excluding hydrogens is 401 g/mol. The smallest absolute Gasteiger partial charge is 0.378 e. The van der Waals surface area contributed by atoms with Crippen LogP contribution in [0.3, 0.4) is 0 Å². The zero-order valence-corrected chi connectivity index (χ0v) is 16.4. The molecule has 0 amide bonds. The summed E-state index contributed by atoms with van der Waals surface area (Å²) in [5, 5.41) is 0. The highest BCUT2D eigenvalue weighted by Gasteiger charge is 2.30. The van der Waals surface area contributed by atoms with E-state index in [1.807, 2.05) is 16.8 Å². The van der Waals surface area contributed by atoms with E-state index in [-0.39, 0.29) is 5.65 Å². The fraction of sp³-hybridized carbons (Fsp3) is 0.500. The first-order valence-electron chi connectivity index (χ1n) is 9.45. The molecule has 1 aliphatic rings. The molecular formula is C18H21F3N8O. The maximum atomic E-state index is 13.0. The van der Waals surface area contributed by atoms with Crippen molar-refractivity contribution in [2.75, 3.05) is 38.3 Å². The highest BCUT2D eigenvalue weighted by Crippen LogP contribution is 2.26. The van der Waals surface area contributed by atoms with Crippen molar-refractivity contribution in [3.63, 3.8) is 0 Å². The minimum Gasteiger partial charge on any atom is -0.378 e. The van der Waals surface area contributed by atoms with Crippen molar-refractivity contribution in [2.45, 2.75) is 25.8 Å². The van der Waals surface area contributed by atoms with Crippen LogP contribution in [-0.2, 0) is 24.4 Å². The highest BCUT2D eigenvalue weighted by molar-refractivity contribution is 5.83. The molecule has 0 aliphatic carbocycles. The van der Waals surface area contributed by atoms with Crippen molar-refractivity contribution < 1.29 is 17.9 Å². The third-order valence-electron chi connectivity index (χ3n) is 4.59. The molecule has 0 N–H and O–H groups in total. The van der Waals surface area contributed by atoms with Gasteiger partial charge in [0, 0.05) is 25.5 Å². The van der Waals surface area contributed by atoms with Gasteiger partial charge in [-0.2, -0.15) is 13.2 Å². The lowest BCUT2D eigenvalue weighted by Crippen LogP contribution is -2.37. The summed E-state index contributed by atoms with van der Waals surface area (Å²) >= 11 is 0. The average Bonchev–Trinajstić information content (AvgIpc) is 3.10. The quantitative estimate of drug-likeness (QED) is 0.593. The molecule has 1 saturated heterocycles. The first-order valence-corrected chi connectivity index (χ1v) is 9.45. The Morgan fingerprint density at radius 3 is 2.43 bits per heavy atom. The number of rotatable bonds is 6. The van der Waals surface area contributed by atoms with E-state index in [2.05, 4.69) is 24.9 Å². The predicted molar refractivity (Wildman–Crippen MR) is 102 cm³/mol. The summed E-state index contributed by atoms with van der Waals surface area (Å²) in [5.41, 5.74) is 0.530. The van der Waals surface area contributed by atoms with Crippen molar-refractivity contribution in [3.05, 3.63) is 36.4 Å². The van der Waals surface area contributed by atoms with E-state index < -0.39 is 12.7 Å². The van der Waals surface area contributed by atoms with Gasteiger partial charge in [0.25, 0.3) is 0 Å². The lowest BCUT2D eigenvalue weighted by molar-refractivity contribution is -0.140. The van der Waals surface area contributed by atoms with Crippen molar-refractivity contribution in [1.82, 2.24) is 34.4 Å². The minimum atomic E-state index is -4.38. The van der Waals surface area contributed by atoms with Gasteiger partial charge >= 0.3 is 6.18 Å². The minimum absolute atomic E-state index is 0.170. The Balaban J connectivity index is 1.66. The fourth-order valence-corrected chi connectivity index (χ4v) is 3.30. The van der Waals surface area contributed by atoms with Crippen molar-refractivity contribution >= 4 is 17.0 Å². The molecule has 9 nitrogen and oxygen atoms in total. The number of alkyl halides is 3. The number of anilines is 1. The molecule has 0 unspecified atom stereocenters. The Morgan fingerprint density at radius 2 is 1.73 bits per heavy atom. The topological polar surface area (TPSA) is 85.1 Å². The van der Waals surface area contributed by atoms with Crippen molar-refractivity contribution in [1.29, 1.82) is 0 Å². The molecule has 4 heterocycles. The van der Waals surface area contributed by atoms with E-state index in [1.165, 1.54) is 6.33 Å². The molecule has 1 aliphatic heterocycles. The van der Waals surface area contributed by atoms with Gasteiger partial charge in [0.2, 0.25) is 0 Å². The lowest BCUT2D eigenvalue weighted by Gasteiger charge is -2.28. The molecule has 0 spiro atoms. The van der Waals surface area contributed by atoms with Crippen LogP contribution in [0, 0.1) is 0 Å². The first kappa shape index (κ1) is 20.4. The molecule has 0 bridgehead atoms. The Morgan fingerprint density at radius 1 is 1.03 bits per heavy atom. The van der Waals surface area contributed by atoms with Crippen molar-refractivity contribution in [3.8, 4) is 0 Å². The molecule has 0 saturated carbocycles. The van der Waals surface area contributed by atoms with E-state index in [9.17, 15) is 13.2 Å². The molecule has 3 aromatic rings. The molecule has 160 valence electrons. The number of hydrogen-bond donors (Lipinski definition) is 0. The van der Waals surface area contributed by atoms with Crippen LogP contribution in [0.25, 0.3) is 11.2 Å². The van der Waals surface area contributed by atoms with Crippen LogP contribution in [-0.4, -0.2) is 73.9 Å². The summed E-state index contributed by atoms with van der Waals surface area (Å²) < 4.78 is 45.4. The number of ether oxygens (including phenoxy) is 1. The molecule has 1 fully saturated rings. The van der Waals surface area contributed by atoms with Gasteiger partial charge in [-0.05, 0) is 13.1 Å². The van der Waals surface area contributed by atoms with E-state index in [1.54, 1.807) is 18.5 Å². The highest BCUT2D eigenvalue weighted by atomic mass is 19.4. The molecule has 30 heavy (non-hydrogen) atoms. The first-order chi connectivity index (χ1) is 14.4.